The molecule has 3 amide bonds. The van der Waals surface area contributed by atoms with Gasteiger partial charge in [-0.3, -0.25) is 19.5 Å². The van der Waals surface area contributed by atoms with Crippen LogP contribution in [-0.4, -0.2) is 57.7 Å². The van der Waals surface area contributed by atoms with E-state index in [9.17, 15) is 14.4 Å². The molecule has 0 aliphatic carbocycles. The number of nitrogens with zero attached hydrogens (tertiary/aromatic N) is 3. The van der Waals surface area contributed by atoms with Gasteiger partial charge in [-0.15, -0.1) is 0 Å². The summed E-state index contributed by atoms with van der Waals surface area (Å²) < 4.78 is 0. The van der Waals surface area contributed by atoms with E-state index >= 15 is 0 Å². The quantitative estimate of drug-likeness (QED) is 0.727. The molecule has 2 saturated heterocycles. The lowest BCUT2D eigenvalue weighted by atomic mass is 9.92. The Morgan fingerprint density at radius 2 is 1.84 bits per heavy atom. The van der Waals surface area contributed by atoms with E-state index in [4.69, 9.17) is 0 Å². The molecule has 0 bridgehead atoms. The Bertz CT molecular complexity index is 959. The molecule has 2 aliphatic heterocycles. The van der Waals surface area contributed by atoms with Crippen LogP contribution in [0.5, 0.6) is 0 Å². The lowest BCUT2D eigenvalue weighted by molar-refractivity contribution is -0.137. The highest BCUT2D eigenvalue weighted by molar-refractivity contribution is 6.04. The Hall–Kier alpha value is -3.06. The van der Waals surface area contributed by atoms with Crippen molar-refractivity contribution >= 4 is 17.7 Å². The number of rotatable bonds is 6. The Labute approximate surface area is 182 Å². The molecule has 2 unspecified atom stereocenters. The van der Waals surface area contributed by atoms with Crippen LogP contribution < -0.4 is 5.32 Å². The molecule has 0 radical (unpaired) electrons. The number of hydrogen-bond acceptors (Lipinski definition) is 5. The fourth-order valence-electron chi connectivity index (χ4n) is 4.32. The van der Waals surface area contributed by atoms with Crippen LogP contribution in [-0.2, 0) is 11.3 Å². The predicted molar refractivity (Wildman–Crippen MR) is 117 cm³/mol. The van der Waals surface area contributed by atoms with Crippen LogP contribution >= 0.6 is 0 Å². The van der Waals surface area contributed by atoms with Gasteiger partial charge in [0.1, 0.15) is 6.04 Å². The van der Waals surface area contributed by atoms with Crippen LogP contribution in [0.15, 0.2) is 48.8 Å². The first-order chi connectivity index (χ1) is 15.0. The molecule has 1 aromatic heterocycles. The van der Waals surface area contributed by atoms with Crippen molar-refractivity contribution in [2.24, 2.45) is 0 Å². The highest BCUT2D eigenvalue weighted by atomic mass is 16.2. The Morgan fingerprint density at radius 3 is 2.52 bits per heavy atom. The van der Waals surface area contributed by atoms with E-state index in [0.29, 0.717) is 17.9 Å². The minimum absolute atomic E-state index is 0.0389. The normalized spacial score (nSPS) is 21.4. The molecule has 4 rings (SSSR count). The molecule has 1 aromatic carbocycles. The zero-order valence-electron chi connectivity index (χ0n) is 18.0. The molecule has 162 valence electrons. The monoisotopic (exact) mass is 420 g/mol. The number of fused-ring (bicyclic) bond motifs is 1. The van der Waals surface area contributed by atoms with E-state index in [1.165, 1.54) is 4.90 Å². The van der Waals surface area contributed by atoms with Crippen LogP contribution in [0.2, 0.25) is 0 Å². The molecule has 1 N–H and O–H groups in total. The van der Waals surface area contributed by atoms with Gasteiger partial charge in [-0.1, -0.05) is 38.1 Å². The Kier molecular flexibility index (Phi) is 6.13. The van der Waals surface area contributed by atoms with E-state index in [0.717, 1.165) is 24.1 Å². The molecule has 3 heterocycles. The van der Waals surface area contributed by atoms with Crippen molar-refractivity contribution in [1.82, 2.24) is 20.1 Å². The molecule has 7 heteroatoms. The summed E-state index contributed by atoms with van der Waals surface area (Å²) in [6, 6.07) is 9.94. The van der Waals surface area contributed by atoms with Crippen molar-refractivity contribution in [3.05, 3.63) is 65.5 Å². The smallest absolute Gasteiger partial charge is 0.311 e. The zero-order valence-corrected chi connectivity index (χ0v) is 18.0. The molecule has 2 atom stereocenters. The minimum Gasteiger partial charge on any atom is -0.311 e. The van der Waals surface area contributed by atoms with Crippen molar-refractivity contribution in [3.63, 3.8) is 0 Å². The molecular weight excluding hydrogens is 392 g/mol. The number of carbonyl (C=O) groups is 3. The summed E-state index contributed by atoms with van der Waals surface area (Å²) in [6.07, 6.45) is 4.84. The van der Waals surface area contributed by atoms with E-state index in [1.807, 2.05) is 24.3 Å². The van der Waals surface area contributed by atoms with Gasteiger partial charge in [-0.25, -0.2) is 4.79 Å². The van der Waals surface area contributed by atoms with Gasteiger partial charge in [0.25, 0.3) is 0 Å². The van der Waals surface area contributed by atoms with Gasteiger partial charge in [0.2, 0.25) is 5.91 Å². The average molecular weight is 421 g/mol. The second-order valence-corrected chi connectivity index (χ2v) is 8.53. The van der Waals surface area contributed by atoms with Crippen LogP contribution in [0.3, 0.4) is 0 Å². The van der Waals surface area contributed by atoms with Crippen LogP contribution in [0.4, 0.5) is 4.79 Å². The zero-order chi connectivity index (χ0) is 22.0. The van der Waals surface area contributed by atoms with Crippen LogP contribution in [0.1, 0.15) is 54.1 Å². The van der Waals surface area contributed by atoms with E-state index in [-0.39, 0.29) is 30.8 Å². The van der Waals surface area contributed by atoms with Gasteiger partial charge in [0.15, 0.2) is 5.78 Å². The number of Topliss-reactive ketones (excluding diaryl/α,β-unsaturated/α-hetero) is 1. The van der Waals surface area contributed by atoms with Gasteiger partial charge in [-0.05, 0) is 48.6 Å². The summed E-state index contributed by atoms with van der Waals surface area (Å²) in [7, 11) is 0. The maximum atomic E-state index is 13.3. The van der Waals surface area contributed by atoms with Crippen molar-refractivity contribution in [1.29, 1.82) is 0 Å². The maximum Gasteiger partial charge on any atom is 0.327 e. The SMILES string of the molecule is CC(C)c1ccc(C(=O)CN2C(=O)N(Cc3ccncc3)C(=O)C3NCCCC32)cc1. The topological polar surface area (TPSA) is 82.6 Å². The minimum atomic E-state index is -0.482. The molecule has 0 spiro atoms. The van der Waals surface area contributed by atoms with Crippen LogP contribution in [0.25, 0.3) is 0 Å². The summed E-state index contributed by atoms with van der Waals surface area (Å²) in [5.74, 6) is 0.0392. The summed E-state index contributed by atoms with van der Waals surface area (Å²) in [5.41, 5.74) is 2.56. The van der Waals surface area contributed by atoms with E-state index < -0.39 is 12.1 Å². The van der Waals surface area contributed by atoms with Crippen molar-refractivity contribution in [2.45, 2.75) is 51.2 Å². The first kappa shape index (κ1) is 21.2. The van der Waals surface area contributed by atoms with Crippen molar-refractivity contribution in [2.75, 3.05) is 13.1 Å². The number of aromatic nitrogens is 1. The number of imide groups is 1. The van der Waals surface area contributed by atoms with Gasteiger partial charge in [0.05, 0.1) is 19.1 Å². The van der Waals surface area contributed by atoms with E-state index in [2.05, 4.69) is 24.1 Å². The summed E-state index contributed by atoms with van der Waals surface area (Å²) >= 11 is 0. The Morgan fingerprint density at radius 1 is 1.13 bits per heavy atom. The summed E-state index contributed by atoms with van der Waals surface area (Å²) in [4.78, 5) is 46.3. The van der Waals surface area contributed by atoms with Crippen LogP contribution in [0, 0.1) is 0 Å². The first-order valence-electron chi connectivity index (χ1n) is 10.8. The standard InChI is InChI=1S/C24H28N4O3/c1-16(2)18-5-7-19(8-6-18)21(29)15-27-20-4-3-11-26-22(20)23(30)28(24(27)31)14-17-9-12-25-13-10-17/h5-10,12-13,16,20,22,26H,3-4,11,14-15H2,1-2H3. The maximum absolute atomic E-state index is 13.3. The van der Waals surface area contributed by atoms with Gasteiger partial charge < -0.3 is 10.2 Å². The lowest BCUT2D eigenvalue weighted by Gasteiger charge is -2.46. The molecule has 0 saturated carbocycles. The van der Waals surface area contributed by atoms with E-state index in [1.54, 1.807) is 29.4 Å². The number of benzene rings is 1. The number of urea groups is 1. The average Bonchev–Trinajstić information content (AvgIpc) is 2.80. The van der Waals surface area contributed by atoms with Crippen molar-refractivity contribution < 1.29 is 14.4 Å². The molecule has 2 aromatic rings. The van der Waals surface area contributed by atoms with Gasteiger partial charge in [-0.2, -0.15) is 0 Å². The number of hydrogen-bond donors (Lipinski definition) is 1. The lowest BCUT2D eigenvalue weighted by Crippen LogP contribution is -2.69. The molecule has 31 heavy (non-hydrogen) atoms. The third-order valence-electron chi connectivity index (χ3n) is 6.14. The molecular formula is C24H28N4O3. The summed E-state index contributed by atoms with van der Waals surface area (Å²) in [6.45, 7) is 5.06. The largest absolute Gasteiger partial charge is 0.327 e. The van der Waals surface area contributed by atoms with Crippen molar-refractivity contribution in [3.8, 4) is 0 Å². The van der Waals surface area contributed by atoms with Gasteiger partial charge in [0, 0.05) is 18.0 Å². The predicted octanol–water partition coefficient (Wildman–Crippen LogP) is 2.97. The molecule has 7 nitrogen and oxygen atoms in total. The number of ketones is 1. The number of amides is 3. The highest BCUT2D eigenvalue weighted by Crippen LogP contribution is 2.26. The summed E-state index contributed by atoms with van der Waals surface area (Å²) in [5, 5.41) is 3.26. The third-order valence-corrected chi connectivity index (χ3v) is 6.14. The molecule has 2 aliphatic rings. The first-order valence-corrected chi connectivity index (χ1v) is 10.8. The number of carbonyl (C=O) groups excluding carboxylic acids is 3. The molecule has 2 fully saturated rings. The second-order valence-electron chi connectivity index (χ2n) is 8.53. The number of pyridine rings is 1. The second kappa shape index (κ2) is 8.98. The fraction of sp³-hybridized carbons (Fsp3) is 0.417. The number of nitrogens with one attached hydrogen (secondary N) is 1. The Balaban J connectivity index is 1.57. The highest BCUT2D eigenvalue weighted by Gasteiger charge is 2.47. The number of piperidine rings is 1. The fourth-order valence-corrected chi connectivity index (χ4v) is 4.32. The third kappa shape index (κ3) is 4.37. The van der Waals surface area contributed by atoms with Gasteiger partial charge >= 0.3 is 6.03 Å².